The first-order valence-electron chi connectivity index (χ1n) is 9.12. The first-order chi connectivity index (χ1) is 14.1. The Bertz CT molecular complexity index is 1060. The zero-order valence-electron chi connectivity index (χ0n) is 15.9. The predicted molar refractivity (Wildman–Crippen MR) is 121 cm³/mol. The molecule has 3 aromatic rings. The molecule has 0 unspecified atom stereocenters. The fourth-order valence-corrected chi connectivity index (χ4v) is 3.46. The maximum absolute atomic E-state index is 9.65. The van der Waals surface area contributed by atoms with Crippen molar-refractivity contribution in [1.29, 1.82) is 5.26 Å². The van der Waals surface area contributed by atoms with Crippen molar-refractivity contribution in [3.05, 3.63) is 92.9 Å². The highest BCUT2D eigenvalue weighted by Gasteiger charge is 2.12. The van der Waals surface area contributed by atoms with E-state index in [9.17, 15) is 5.26 Å². The van der Waals surface area contributed by atoms with Crippen LogP contribution in [0.4, 0.5) is 0 Å². The van der Waals surface area contributed by atoms with Gasteiger partial charge in [0.25, 0.3) is 0 Å². The molecule has 0 aliphatic carbocycles. The van der Waals surface area contributed by atoms with Crippen LogP contribution in [0.1, 0.15) is 23.6 Å². The number of halogens is 2. The van der Waals surface area contributed by atoms with Crippen LogP contribution in [0, 0.1) is 11.3 Å². The topological polar surface area (TPSA) is 42.2 Å². The van der Waals surface area contributed by atoms with Crippen molar-refractivity contribution in [3.8, 4) is 17.6 Å². The molecule has 3 rings (SSSR count). The van der Waals surface area contributed by atoms with Crippen LogP contribution in [0.3, 0.4) is 0 Å². The molecule has 0 radical (unpaired) electrons. The zero-order valence-corrected chi connectivity index (χ0v) is 18.2. The summed E-state index contributed by atoms with van der Waals surface area (Å²) in [5.41, 5.74) is 3.03. The van der Waals surface area contributed by atoms with E-state index in [4.69, 9.17) is 21.1 Å². The highest BCUT2D eigenvalue weighted by Crippen LogP contribution is 2.36. The lowest BCUT2D eigenvalue weighted by molar-refractivity contribution is 0.269. The molecule has 3 nitrogen and oxygen atoms in total. The first-order valence-corrected chi connectivity index (χ1v) is 10.3. The molecule has 0 fully saturated rings. The second kappa shape index (κ2) is 10.2. The molecule has 0 saturated carbocycles. The van der Waals surface area contributed by atoms with Gasteiger partial charge >= 0.3 is 0 Å². The Morgan fingerprint density at radius 2 is 1.72 bits per heavy atom. The third kappa shape index (κ3) is 5.41. The van der Waals surface area contributed by atoms with Crippen molar-refractivity contribution in [2.24, 2.45) is 0 Å². The molecule has 0 bridgehead atoms. The summed E-state index contributed by atoms with van der Waals surface area (Å²) in [5, 5.41) is 10.2. The van der Waals surface area contributed by atoms with Crippen molar-refractivity contribution in [1.82, 2.24) is 0 Å². The van der Waals surface area contributed by atoms with E-state index in [0.29, 0.717) is 40.9 Å². The number of ether oxygens (including phenoxy) is 2. The Labute approximate surface area is 184 Å². The Morgan fingerprint density at radius 3 is 2.41 bits per heavy atom. The lowest BCUT2D eigenvalue weighted by atomic mass is 10.0. The normalized spacial score (nSPS) is 11.0. The van der Waals surface area contributed by atoms with E-state index in [2.05, 4.69) is 22.0 Å². The van der Waals surface area contributed by atoms with Crippen LogP contribution < -0.4 is 9.47 Å². The highest BCUT2D eigenvalue weighted by atomic mass is 79.9. The van der Waals surface area contributed by atoms with E-state index in [1.54, 1.807) is 12.1 Å². The molecule has 0 aromatic heterocycles. The minimum absolute atomic E-state index is 0.436. The zero-order chi connectivity index (χ0) is 20.6. The van der Waals surface area contributed by atoms with Gasteiger partial charge in [0.1, 0.15) is 6.61 Å². The van der Waals surface area contributed by atoms with Crippen LogP contribution >= 0.6 is 27.5 Å². The molecule has 0 aliphatic heterocycles. The van der Waals surface area contributed by atoms with E-state index in [-0.39, 0.29) is 0 Å². The Balaban J connectivity index is 1.95. The fourth-order valence-electron chi connectivity index (χ4n) is 2.78. The highest BCUT2D eigenvalue weighted by molar-refractivity contribution is 9.10. The number of hydrogen-bond acceptors (Lipinski definition) is 3. The Morgan fingerprint density at radius 1 is 1.03 bits per heavy atom. The summed E-state index contributed by atoms with van der Waals surface area (Å²) in [6.45, 7) is 2.86. The smallest absolute Gasteiger partial charge is 0.162 e. The van der Waals surface area contributed by atoms with E-state index in [1.165, 1.54) is 0 Å². The fraction of sp³-hybridized carbons (Fsp3) is 0.125. The summed E-state index contributed by atoms with van der Waals surface area (Å²) in [7, 11) is 0. The lowest BCUT2D eigenvalue weighted by Gasteiger charge is -2.14. The lowest BCUT2D eigenvalue weighted by Crippen LogP contribution is -2.00. The number of nitrogens with zero attached hydrogens (tertiary/aromatic N) is 1. The standard InChI is InChI=1S/C24H19BrClNO2/c1-2-28-23-13-18(12-19(15-27)20-10-6-7-11-22(20)26)21(25)14-24(23)29-16-17-8-4-3-5-9-17/h3-14H,2,16H2,1H3. The van der Waals surface area contributed by atoms with Crippen LogP contribution in [0.25, 0.3) is 11.6 Å². The Kier molecular flexibility index (Phi) is 7.35. The number of allylic oxidation sites excluding steroid dienone is 1. The number of nitriles is 1. The maximum Gasteiger partial charge on any atom is 0.162 e. The van der Waals surface area contributed by atoms with Gasteiger partial charge in [-0.1, -0.05) is 76.1 Å². The first kappa shape index (κ1) is 21.0. The second-order valence-corrected chi connectivity index (χ2v) is 7.44. The maximum atomic E-state index is 9.65. The molecular formula is C24H19BrClNO2. The van der Waals surface area contributed by atoms with Crippen LogP contribution in [0.2, 0.25) is 5.02 Å². The van der Waals surface area contributed by atoms with Gasteiger partial charge in [0, 0.05) is 15.1 Å². The molecule has 0 atom stereocenters. The van der Waals surface area contributed by atoms with Gasteiger partial charge < -0.3 is 9.47 Å². The average Bonchev–Trinajstić information content (AvgIpc) is 2.74. The van der Waals surface area contributed by atoms with Gasteiger partial charge in [-0.25, -0.2) is 0 Å². The van der Waals surface area contributed by atoms with E-state index < -0.39 is 0 Å². The molecule has 0 N–H and O–H groups in total. The van der Waals surface area contributed by atoms with Crippen molar-refractivity contribution < 1.29 is 9.47 Å². The van der Waals surface area contributed by atoms with Crippen LogP contribution in [-0.2, 0) is 6.61 Å². The number of rotatable bonds is 7. The molecule has 146 valence electrons. The van der Waals surface area contributed by atoms with Gasteiger partial charge in [0.2, 0.25) is 0 Å². The molecule has 0 amide bonds. The predicted octanol–water partition coefficient (Wildman–Crippen LogP) is 7.14. The third-order valence-corrected chi connectivity index (χ3v) is 5.20. The molecular weight excluding hydrogens is 450 g/mol. The molecule has 0 aliphatic rings. The SMILES string of the molecule is CCOc1cc(C=C(C#N)c2ccccc2Cl)c(Br)cc1OCc1ccccc1. The quantitative estimate of drug-likeness (QED) is 0.273. The molecule has 0 saturated heterocycles. The van der Waals surface area contributed by atoms with Gasteiger partial charge in [-0.15, -0.1) is 0 Å². The summed E-state index contributed by atoms with van der Waals surface area (Å²) in [5.74, 6) is 1.25. The second-order valence-electron chi connectivity index (χ2n) is 6.18. The van der Waals surface area contributed by atoms with Gasteiger partial charge in [0.15, 0.2) is 11.5 Å². The largest absolute Gasteiger partial charge is 0.490 e. The molecule has 0 spiro atoms. The molecule has 29 heavy (non-hydrogen) atoms. The van der Waals surface area contributed by atoms with E-state index in [1.807, 2.05) is 67.6 Å². The van der Waals surface area contributed by atoms with Crippen molar-refractivity contribution in [2.45, 2.75) is 13.5 Å². The van der Waals surface area contributed by atoms with Gasteiger partial charge in [-0.3, -0.25) is 0 Å². The molecule has 5 heteroatoms. The summed E-state index contributed by atoms with van der Waals surface area (Å²) in [4.78, 5) is 0. The molecule has 3 aromatic carbocycles. The molecule has 0 heterocycles. The summed E-state index contributed by atoms with van der Waals surface area (Å²) in [6, 6.07) is 23.2. The van der Waals surface area contributed by atoms with Crippen LogP contribution in [0.5, 0.6) is 11.5 Å². The van der Waals surface area contributed by atoms with E-state index >= 15 is 0 Å². The number of benzene rings is 3. The Hall–Kier alpha value is -2.74. The monoisotopic (exact) mass is 467 g/mol. The van der Waals surface area contributed by atoms with Gasteiger partial charge in [-0.05, 0) is 42.3 Å². The third-order valence-electron chi connectivity index (χ3n) is 4.18. The van der Waals surface area contributed by atoms with Gasteiger partial charge in [0.05, 0.1) is 18.2 Å². The summed E-state index contributed by atoms with van der Waals surface area (Å²) in [6.07, 6.45) is 1.79. The minimum atomic E-state index is 0.436. The average molecular weight is 469 g/mol. The van der Waals surface area contributed by atoms with Crippen LogP contribution in [0.15, 0.2) is 71.2 Å². The van der Waals surface area contributed by atoms with Gasteiger partial charge in [-0.2, -0.15) is 5.26 Å². The minimum Gasteiger partial charge on any atom is -0.490 e. The van der Waals surface area contributed by atoms with Crippen molar-refractivity contribution >= 4 is 39.2 Å². The van der Waals surface area contributed by atoms with E-state index in [0.717, 1.165) is 15.6 Å². The summed E-state index contributed by atoms with van der Waals surface area (Å²) < 4.78 is 12.6. The van der Waals surface area contributed by atoms with Crippen LogP contribution in [-0.4, -0.2) is 6.61 Å². The van der Waals surface area contributed by atoms with Crippen molar-refractivity contribution in [3.63, 3.8) is 0 Å². The summed E-state index contributed by atoms with van der Waals surface area (Å²) >= 11 is 9.85. The van der Waals surface area contributed by atoms with Crippen molar-refractivity contribution in [2.75, 3.05) is 6.61 Å². The number of hydrogen-bond donors (Lipinski definition) is 0.